The van der Waals surface area contributed by atoms with Crippen molar-refractivity contribution in [2.75, 3.05) is 0 Å². The van der Waals surface area contributed by atoms with Crippen molar-refractivity contribution in [1.29, 1.82) is 0 Å². The number of nitrogens with zero attached hydrogens (tertiary/aromatic N) is 4. The van der Waals surface area contributed by atoms with E-state index in [1.54, 1.807) is 24.3 Å². The minimum absolute atomic E-state index is 0.0343. The van der Waals surface area contributed by atoms with Crippen molar-refractivity contribution >= 4 is 101 Å². The monoisotopic (exact) mass is 1240 g/mol. The second-order valence-corrected chi connectivity index (χ2v) is 30.8. The Morgan fingerprint density at radius 1 is 0.245 bits per heavy atom. The Hall–Kier alpha value is -11.8. The molecular weight excluding hydrogens is 1170 g/mol. The van der Waals surface area contributed by atoms with Gasteiger partial charge in [-0.3, -0.25) is 9.13 Å². The van der Waals surface area contributed by atoms with Gasteiger partial charge in [0.1, 0.15) is 5.82 Å². The highest BCUT2D eigenvalue weighted by Crippen LogP contribution is 2.38. The Balaban J connectivity index is 1.10. The average molecular weight is 1240 g/mol. The summed E-state index contributed by atoms with van der Waals surface area (Å²) in [7, 11) is -8.97. The molecule has 3 aromatic heterocycles. The van der Waals surface area contributed by atoms with Crippen LogP contribution in [0.2, 0.25) is 0 Å². The third-order valence-electron chi connectivity index (χ3n) is 18.2. The van der Waals surface area contributed by atoms with Crippen LogP contribution < -0.4 is 41.5 Å². The Bertz CT molecular complexity index is 6020. The minimum atomic E-state index is -4.49. The summed E-state index contributed by atoms with van der Waals surface area (Å²) in [4.78, 5) is 11.5. The standard InChI is InChI=1S/C88H62N4Si2/c1-8-30-63(31-9-1)66-36-28-46-74(56-66)93(70-38-14-4-15-39-70,71-40-16-5-17-41-71)76-58-69(59-77(61-76)94(72-42-18-6-19-43-72,73-44-20-7-21-45-73)75-47-29-37-67(57-75)64-32-10-2-11-33-64)82-62-87(91-83-51-25-22-48-78(83)79-49-23-26-52-84(79)91)90-88(89-82)92-85-53-27-24-50-80(85)81-60-68(54-55-86(81)92)65-34-12-3-13-35-65/h1-62H/i1D,2D,8D,9D,10D,11D,30D,31D,32D,33D,58D,59D,61D. The number of hydrogen-bond acceptors (Lipinski definition) is 2. The van der Waals surface area contributed by atoms with Crippen molar-refractivity contribution in [3.05, 3.63) is 376 Å². The zero-order valence-corrected chi connectivity index (χ0v) is 52.6. The molecule has 0 N–H and O–H groups in total. The van der Waals surface area contributed by atoms with Gasteiger partial charge >= 0.3 is 0 Å². The third kappa shape index (κ3) is 9.49. The van der Waals surface area contributed by atoms with E-state index < -0.39 is 76.6 Å². The lowest BCUT2D eigenvalue weighted by atomic mass is 10.0. The van der Waals surface area contributed by atoms with Crippen molar-refractivity contribution < 1.29 is 17.8 Å². The molecule has 3 heterocycles. The molecule has 6 heteroatoms. The van der Waals surface area contributed by atoms with Crippen molar-refractivity contribution in [2.24, 2.45) is 0 Å². The maximum atomic E-state index is 12.0. The quantitative estimate of drug-likeness (QED) is 0.0803. The highest BCUT2D eigenvalue weighted by atomic mass is 28.3. The van der Waals surface area contributed by atoms with E-state index in [1.165, 1.54) is 0 Å². The van der Waals surface area contributed by atoms with Crippen LogP contribution >= 0.6 is 0 Å². The van der Waals surface area contributed by atoms with E-state index in [4.69, 9.17) is 18.2 Å². The lowest BCUT2D eigenvalue weighted by Crippen LogP contribution is -2.78. The number of para-hydroxylation sites is 3. The van der Waals surface area contributed by atoms with Gasteiger partial charge in [-0.05, 0) is 105 Å². The summed E-state index contributed by atoms with van der Waals surface area (Å²) in [5.74, 6) is 0.629. The van der Waals surface area contributed by atoms with Gasteiger partial charge < -0.3 is 0 Å². The molecule has 0 saturated heterocycles. The molecule has 4 nitrogen and oxygen atoms in total. The summed E-state index contributed by atoms with van der Waals surface area (Å²) in [5, 5.41) is 8.28. The second-order valence-electron chi connectivity index (χ2n) is 23.4. The van der Waals surface area contributed by atoms with Crippen molar-refractivity contribution in [1.82, 2.24) is 19.1 Å². The molecule has 94 heavy (non-hydrogen) atoms. The van der Waals surface area contributed by atoms with E-state index in [0.717, 1.165) is 54.7 Å². The molecular formula is C88H62N4Si2. The van der Waals surface area contributed by atoms with Crippen LogP contribution in [0.25, 0.3) is 100 Å². The van der Waals surface area contributed by atoms with Crippen LogP contribution in [0.1, 0.15) is 17.8 Å². The SMILES string of the molecule is [2H]c1c([2H])c([2H])c(-c2cccc([Si](c3ccccc3)(c3ccccc3)c3c([2H])c(-c4cc(-n5c6ccccc6c6ccccc65)nc(-n5c6ccccc6c6cc(-c7ccccc7)ccc65)n4)c([2H])c([Si](c4ccccc4)(c4ccccc4)c4cccc(-c5c([2H])c([2H])c([2H])c([2H])c5[2H])c4)c3[2H])c2)c([2H])c1[2H]. The summed E-state index contributed by atoms with van der Waals surface area (Å²) < 4.78 is 131. The van der Waals surface area contributed by atoms with E-state index in [2.05, 4.69) is 65.2 Å². The largest absolute Gasteiger partial charge is 0.294 e. The normalized spacial score (nSPS) is 13.8. The summed E-state index contributed by atoms with van der Waals surface area (Å²) in [6.07, 6.45) is 0. The van der Waals surface area contributed by atoms with E-state index in [1.807, 2.05) is 217 Å². The highest BCUT2D eigenvalue weighted by molar-refractivity contribution is 7.22. The van der Waals surface area contributed by atoms with Crippen molar-refractivity contribution in [2.45, 2.75) is 0 Å². The number of fused-ring (bicyclic) bond motifs is 6. The fourth-order valence-corrected chi connectivity index (χ4v) is 23.4. The van der Waals surface area contributed by atoms with Gasteiger partial charge in [-0.1, -0.05) is 339 Å². The first-order chi connectivity index (χ1) is 52.0. The highest BCUT2D eigenvalue weighted by Gasteiger charge is 2.46. The topological polar surface area (TPSA) is 35.6 Å². The van der Waals surface area contributed by atoms with Gasteiger partial charge in [0, 0.05) is 33.2 Å². The van der Waals surface area contributed by atoms with Crippen LogP contribution in [0.3, 0.4) is 0 Å². The van der Waals surface area contributed by atoms with Crippen LogP contribution in [0, 0.1) is 0 Å². The van der Waals surface area contributed by atoms with Crippen LogP contribution in [0.5, 0.6) is 0 Å². The van der Waals surface area contributed by atoms with Crippen LogP contribution in [0.15, 0.2) is 376 Å². The van der Waals surface area contributed by atoms with Gasteiger partial charge in [0.05, 0.1) is 45.6 Å². The number of aromatic nitrogens is 4. The van der Waals surface area contributed by atoms with Gasteiger partial charge in [-0.15, -0.1) is 0 Å². The van der Waals surface area contributed by atoms with Gasteiger partial charge in [-0.2, -0.15) is 4.98 Å². The fraction of sp³-hybridized carbons (Fsp3) is 0. The summed E-state index contributed by atoms with van der Waals surface area (Å²) >= 11 is 0. The molecule has 0 fully saturated rings. The van der Waals surface area contributed by atoms with Gasteiger partial charge in [0.2, 0.25) is 5.95 Å². The van der Waals surface area contributed by atoms with Crippen LogP contribution in [-0.2, 0) is 0 Å². The molecule has 0 aliphatic heterocycles. The number of benzene rings is 14. The molecule has 0 saturated carbocycles. The lowest BCUT2D eigenvalue weighted by molar-refractivity contribution is 0.952. The molecule has 0 aliphatic carbocycles. The van der Waals surface area contributed by atoms with Crippen molar-refractivity contribution in [3.63, 3.8) is 0 Å². The Labute approximate surface area is 567 Å². The first kappa shape index (κ1) is 43.8. The van der Waals surface area contributed by atoms with Crippen molar-refractivity contribution in [3.8, 4) is 56.4 Å². The minimum Gasteiger partial charge on any atom is -0.294 e. The lowest BCUT2D eigenvalue weighted by Gasteiger charge is -2.38. The molecule has 442 valence electrons. The second kappa shape index (κ2) is 23.8. The van der Waals surface area contributed by atoms with Crippen LogP contribution in [-0.4, -0.2) is 35.2 Å². The molecule has 0 unspecified atom stereocenters. The molecule has 0 aliphatic rings. The Morgan fingerprint density at radius 2 is 0.617 bits per heavy atom. The summed E-state index contributed by atoms with van der Waals surface area (Å²) in [6.45, 7) is 0. The van der Waals surface area contributed by atoms with E-state index in [9.17, 15) is 9.60 Å². The predicted molar refractivity (Wildman–Crippen MR) is 400 cm³/mol. The number of hydrogen-bond donors (Lipinski definition) is 0. The molecule has 0 amide bonds. The van der Waals surface area contributed by atoms with E-state index in [-0.39, 0.29) is 56.8 Å². The Morgan fingerprint density at radius 3 is 1.09 bits per heavy atom. The average Bonchev–Trinajstić information content (AvgIpc) is 1.41. The maximum Gasteiger partial charge on any atom is 0.237 e. The summed E-state index contributed by atoms with van der Waals surface area (Å²) in [6, 6.07) is 91.2. The molecule has 17 rings (SSSR count). The van der Waals surface area contributed by atoms with E-state index >= 15 is 0 Å². The maximum absolute atomic E-state index is 12.0. The Kier molecular flexibility index (Phi) is 11.1. The van der Waals surface area contributed by atoms with Gasteiger partial charge in [0.25, 0.3) is 0 Å². The molecule has 17 aromatic rings. The zero-order valence-electron chi connectivity index (χ0n) is 63.6. The van der Waals surface area contributed by atoms with Gasteiger partial charge in [0.15, 0.2) is 16.1 Å². The molecule has 0 spiro atoms. The molecule has 0 radical (unpaired) electrons. The number of rotatable bonds is 14. The van der Waals surface area contributed by atoms with Gasteiger partial charge in [-0.25, -0.2) is 4.98 Å². The first-order valence-electron chi connectivity index (χ1n) is 37.7. The molecule has 0 atom stereocenters. The van der Waals surface area contributed by atoms with Crippen LogP contribution in [0.4, 0.5) is 0 Å². The zero-order chi connectivity index (χ0) is 73.7. The van der Waals surface area contributed by atoms with E-state index in [0.29, 0.717) is 48.1 Å². The predicted octanol–water partition coefficient (Wildman–Crippen LogP) is 16.1. The smallest absolute Gasteiger partial charge is 0.237 e. The molecule has 14 aromatic carbocycles. The summed E-state index contributed by atoms with van der Waals surface area (Å²) in [5.41, 5.74) is 6.04. The fourth-order valence-electron chi connectivity index (χ4n) is 14.1. The third-order valence-corrected chi connectivity index (χ3v) is 27.4. The first-order valence-corrected chi connectivity index (χ1v) is 35.2. The molecule has 0 bridgehead atoms.